The van der Waals surface area contributed by atoms with Crippen LogP contribution in [0.15, 0.2) is 0 Å². The highest BCUT2D eigenvalue weighted by Crippen LogP contribution is 1.92. The summed E-state index contributed by atoms with van der Waals surface area (Å²) in [5.74, 6) is -4.39. The monoisotopic (exact) mass is 321 g/mol. The van der Waals surface area contributed by atoms with Crippen LogP contribution in [0.3, 0.4) is 0 Å². The van der Waals surface area contributed by atoms with Crippen molar-refractivity contribution < 1.29 is 34.2 Å². The molecule has 0 fully saturated rings. The number of nitrogens with one attached hydrogen (secondary N) is 3. The van der Waals surface area contributed by atoms with Gasteiger partial charge in [0.05, 0.1) is 13.0 Å². The molecule has 0 aromatic carbocycles. The molecule has 0 rings (SSSR count). The standard InChI is InChI=1S/C10H15N3O7S/c14-4-12-5(1-8(16)17)9(18)11-2-7(15)13-6(3-21)10(19)20/h4-6,21H,1-3H2,(H,11,18)(H,12,14)(H,13,15)(H,16,17)(H,19,20). The van der Waals surface area contributed by atoms with Gasteiger partial charge in [-0.25, -0.2) is 4.79 Å². The molecule has 3 amide bonds. The molecule has 21 heavy (non-hydrogen) atoms. The van der Waals surface area contributed by atoms with E-state index in [1.165, 1.54) is 0 Å². The van der Waals surface area contributed by atoms with E-state index in [1.807, 2.05) is 5.32 Å². The predicted molar refractivity (Wildman–Crippen MR) is 71.7 cm³/mol. The maximum absolute atomic E-state index is 11.6. The van der Waals surface area contributed by atoms with Gasteiger partial charge in [0.1, 0.15) is 12.1 Å². The first-order valence-corrected chi connectivity index (χ1v) is 6.27. The Bertz CT molecular complexity index is 429. The van der Waals surface area contributed by atoms with E-state index in [0.717, 1.165) is 0 Å². The third-order valence-corrected chi connectivity index (χ3v) is 2.57. The zero-order valence-electron chi connectivity index (χ0n) is 10.7. The van der Waals surface area contributed by atoms with Gasteiger partial charge in [0.15, 0.2) is 0 Å². The quantitative estimate of drug-likeness (QED) is 0.187. The van der Waals surface area contributed by atoms with E-state index in [9.17, 15) is 24.0 Å². The Labute approximate surface area is 124 Å². The van der Waals surface area contributed by atoms with Crippen LogP contribution < -0.4 is 16.0 Å². The fourth-order valence-electron chi connectivity index (χ4n) is 1.21. The summed E-state index contributed by atoms with van der Waals surface area (Å²) in [5, 5.41) is 23.4. The summed E-state index contributed by atoms with van der Waals surface area (Å²) in [6.45, 7) is -0.562. The number of aliphatic carboxylic acids is 2. The second-order valence-corrected chi connectivity index (χ2v) is 4.16. The summed E-state index contributed by atoms with van der Waals surface area (Å²) in [7, 11) is 0. The van der Waals surface area contributed by atoms with Crippen molar-refractivity contribution >= 4 is 42.8 Å². The zero-order valence-corrected chi connectivity index (χ0v) is 11.6. The summed E-state index contributed by atoms with van der Waals surface area (Å²) >= 11 is 3.74. The number of thiol groups is 1. The Morgan fingerprint density at radius 3 is 2.19 bits per heavy atom. The molecule has 10 nitrogen and oxygen atoms in total. The van der Waals surface area contributed by atoms with Crippen LogP contribution >= 0.6 is 12.6 Å². The molecule has 0 bridgehead atoms. The van der Waals surface area contributed by atoms with Gasteiger partial charge >= 0.3 is 11.9 Å². The molecule has 0 heterocycles. The molecule has 0 spiro atoms. The third-order valence-electron chi connectivity index (χ3n) is 2.20. The summed E-state index contributed by atoms with van der Waals surface area (Å²) in [6.07, 6.45) is -0.491. The molecule has 2 atom stereocenters. The average molecular weight is 321 g/mol. The number of carboxylic acid groups (broad SMARTS) is 2. The number of amides is 3. The molecule has 5 N–H and O–H groups in total. The number of rotatable bonds is 10. The first kappa shape index (κ1) is 18.7. The van der Waals surface area contributed by atoms with Crippen LogP contribution in [0.2, 0.25) is 0 Å². The van der Waals surface area contributed by atoms with Gasteiger partial charge in [-0.2, -0.15) is 12.6 Å². The number of carbonyl (C=O) groups is 5. The molecular weight excluding hydrogens is 306 g/mol. The molecule has 118 valence electrons. The number of carboxylic acids is 2. The van der Waals surface area contributed by atoms with Crippen LogP contribution in [0, 0.1) is 0 Å². The predicted octanol–water partition coefficient (Wildman–Crippen LogP) is -2.81. The minimum atomic E-state index is -1.33. The van der Waals surface area contributed by atoms with Gasteiger partial charge in [-0.1, -0.05) is 0 Å². The zero-order chi connectivity index (χ0) is 16.4. The van der Waals surface area contributed by atoms with E-state index in [-0.39, 0.29) is 12.2 Å². The van der Waals surface area contributed by atoms with Crippen molar-refractivity contribution in [2.45, 2.75) is 18.5 Å². The SMILES string of the molecule is O=CNC(CC(=O)O)C(=O)NCC(=O)NC(CS)C(=O)O. The minimum absolute atomic E-state index is 0.136. The van der Waals surface area contributed by atoms with Crippen LogP contribution in [-0.4, -0.2) is 64.8 Å². The maximum Gasteiger partial charge on any atom is 0.327 e. The van der Waals surface area contributed by atoms with Gasteiger partial charge in [0.2, 0.25) is 18.2 Å². The molecular formula is C10H15N3O7S. The molecule has 0 aromatic heterocycles. The van der Waals surface area contributed by atoms with Crippen molar-refractivity contribution in [1.82, 2.24) is 16.0 Å². The summed E-state index contributed by atoms with van der Waals surface area (Å²) < 4.78 is 0. The van der Waals surface area contributed by atoms with Crippen LogP contribution in [0.4, 0.5) is 0 Å². The van der Waals surface area contributed by atoms with Crippen LogP contribution in [-0.2, 0) is 24.0 Å². The van der Waals surface area contributed by atoms with Gasteiger partial charge in [-0.15, -0.1) is 0 Å². The Hall–Kier alpha value is -2.30. The lowest BCUT2D eigenvalue weighted by atomic mass is 10.2. The van der Waals surface area contributed by atoms with Gasteiger partial charge in [-0.05, 0) is 0 Å². The van der Waals surface area contributed by atoms with Crippen molar-refractivity contribution in [3.8, 4) is 0 Å². The summed E-state index contributed by atoms with van der Waals surface area (Å²) in [4.78, 5) is 54.4. The van der Waals surface area contributed by atoms with Crippen molar-refractivity contribution in [2.24, 2.45) is 0 Å². The fraction of sp³-hybridized carbons (Fsp3) is 0.500. The molecule has 0 saturated heterocycles. The fourth-order valence-corrected chi connectivity index (χ4v) is 1.45. The minimum Gasteiger partial charge on any atom is -0.481 e. The van der Waals surface area contributed by atoms with Crippen molar-refractivity contribution in [3.05, 3.63) is 0 Å². The molecule has 0 aliphatic rings. The molecule has 0 aliphatic carbocycles. The summed E-state index contributed by atoms with van der Waals surface area (Å²) in [6, 6.07) is -2.53. The van der Waals surface area contributed by atoms with Gasteiger partial charge in [0.25, 0.3) is 0 Å². The van der Waals surface area contributed by atoms with E-state index < -0.39 is 48.8 Å². The van der Waals surface area contributed by atoms with E-state index in [1.54, 1.807) is 0 Å². The van der Waals surface area contributed by atoms with E-state index in [0.29, 0.717) is 0 Å². The highest BCUT2D eigenvalue weighted by atomic mass is 32.1. The van der Waals surface area contributed by atoms with Crippen LogP contribution in [0.1, 0.15) is 6.42 Å². The second-order valence-electron chi connectivity index (χ2n) is 3.79. The first-order valence-electron chi connectivity index (χ1n) is 5.64. The molecule has 2 unspecified atom stereocenters. The van der Waals surface area contributed by atoms with Gasteiger partial charge < -0.3 is 26.2 Å². The van der Waals surface area contributed by atoms with Crippen molar-refractivity contribution in [2.75, 3.05) is 12.3 Å². The van der Waals surface area contributed by atoms with Crippen molar-refractivity contribution in [3.63, 3.8) is 0 Å². The van der Waals surface area contributed by atoms with Crippen molar-refractivity contribution in [1.29, 1.82) is 0 Å². The largest absolute Gasteiger partial charge is 0.481 e. The molecule has 0 aromatic rings. The highest BCUT2D eigenvalue weighted by Gasteiger charge is 2.22. The van der Waals surface area contributed by atoms with Gasteiger partial charge in [0, 0.05) is 5.75 Å². The smallest absolute Gasteiger partial charge is 0.327 e. The lowest BCUT2D eigenvalue weighted by molar-refractivity contribution is -0.141. The van der Waals surface area contributed by atoms with E-state index in [4.69, 9.17) is 10.2 Å². The second kappa shape index (κ2) is 9.58. The topological polar surface area (TPSA) is 162 Å². The number of carbonyl (C=O) groups excluding carboxylic acids is 3. The molecule has 0 radical (unpaired) electrons. The lowest BCUT2D eigenvalue weighted by Crippen LogP contribution is -2.50. The Morgan fingerprint density at radius 1 is 1.14 bits per heavy atom. The van der Waals surface area contributed by atoms with Crippen LogP contribution in [0.5, 0.6) is 0 Å². The lowest BCUT2D eigenvalue weighted by Gasteiger charge is -2.15. The number of hydrogen-bond donors (Lipinski definition) is 6. The average Bonchev–Trinajstić information content (AvgIpc) is 2.40. The number of hydrogen-bond acceptors (Lipinski definition) is 6. The molecule has 0 aliphatic heterocycles. The third kappa shape index (κ3) is 7.77. The summed E-state index contributed by atoms with van der Waals surface area (Å²) in [5.41, 5.74) is 0. The first-order chi connectivity index (χ1) is 9.81. The Morgan fingerprint density at radius 2 is 1.76 bits per heavy atom. The Balaban J connectivity index is 4.37. The highest BCUT2D eigenvalue weighted by molar-refractivity contribution is 7.80. The van der Waals surface area contributed by atoms with E-state index in [2.05, 4.69) is 23.3 Å². The van der Waals surface area contributed by atoms with Crippen LogP contribution in [0.25, 0.3) is 0 Å². The maximum atomic E-state index is 11.6. The Kier molecular flexibility index (Phi) is 8.53. The van der Waals surface area contributed by atoms with E-state index >= 15 is 0 Å². The molecule has 0 saturated carbocycles. The van der Waals surface area contributed by atoms with Gasteiger partial charge in [-0.3, -0.25) is 19.2 Å². The molecule has 11 heteroatoms. The normalized spacial score (nSPS) is 12.6.